The number of Topliss-reactive ketones (excluding diaryl/α,β-unsaturated/α-hetero) is 1. The van der Waals surface area contributed by atoms with Gasteiger partial charge < -0.3 is 10.1 Å². The molecule has 2 aromatic rings. The Balaban J connectivity index is 1.97. The molecule has 0 saturated heterocycles. The van der Waals surface area contributed by atoms with Crippen molar-refractivity contribution in [1.82, 2.24) is 0 Å². The summed E-state index contributed by atoms with van der Waals surface area (Å²) in [6.07, 6.45) is 0.0877. The van der Waals surface area contributed by atoms with Crippen molar-refractivity contribution in [2.24, 2.45) is 0 Å². The predicted octanol–water partition coefficient (Wildman–Crippen LogP) is 3.75. The largest absolute Gasteiger partial charge is 0.379 e. The normalized spacial score (nSPS) is 28.9. The van der Waals surface area contributed by atoms with E-state index in [-0.39, 0.29) is 24.0 Å². The van der Waals surface area contributed by atoms with E-state index in [1.54, 1.807) is 30.6 Å². The van der Waals surface area contributed by atoms with Gasteiger partial charge in [-0.3, -0.25) is 9.59 Å². The van der Waals surface area contributed by atoms with Crippen LogP contribution in [0.5, 0.6) is 0 Å². The zero-order chi connectivity index (χ0) is 16.9. The van der Waals surface area contributed by atoms with E-state index in [9.17, 15) is 9.59 Å². The van der Waals surface area contributed by atoms with Gasteiger partial charge in [-0.1, -0.05) is 17.7 Å². The number of nitrogens with one attached hydrogen (secondary N) is 1. The summed E-state index contributed by atoms with van der Waals surface area (Å²) in [5.41, 5.74) is 1.69. The molecule has 4 nitrogen and oxygen atoms in total. The van der Waals surface area contributed by atoms with Gasteiger partial charge in [0.15, 0.2) is 0 Å². The minimum absolute atomic E-state index is 0.115. The number of amides is 1. The Labute approximate surface area is 148 Å². The second kappa shape index (κ2) is 5.69. The fourth-order valence-corrected chi connectivity index (χ4v) is 5.07. The van der Waals surface area contributed by atoms with Gasteiger partial charge >= 0.3 is 0 Å². The lowest BCUT2D eigenvalue weighted by molar-refractivity contribution is -0.137. The van der Waals surface area contributed by atoms with E-state index in [4.69, 9.17) is 16.3 Å². The molecule has 0 bridgehead atoms. The van der Waals surface area contributed by atoms with Crippen LogP contribution < -0.4 is 5.32 Å². The quantitative estimate of drug-likeness (QED) is 0.886. The van der Waals surface area contributed by atoms with Crippen LogP contribution in [0.4, 0.5) is 5.69 Å². The molecule has 6 heteroatoms. The highest BCUT2D eigenvalue weighted by Gasteiger charge is 2.61. The van der Waals surface area contributed by atoms with Crippen LogP contribution in [0.25, 0.3) is 0 Å². The molecule has 1 saturated carbocycles. The minimum Gasteiger partial charge on any atom is -0.379 e. The van der Waals surface area contributed by atoms with Gasteiger partial charge in [0.2, 0.25) is 5.91 Å². The lowest BCUT2D eigenvalue weighted by Crippen LogP contribution is -2.55. The predicted molar refractivity (Wildman–Crippen MR) is 93.9 cm³/mol. The number of carbonyl (C=O) groups is 2. The van der Waals surface area contributed by atoms with Gasteiger partial charge in [0.25, 0.3) is 0 Å². The SMILES string of the molecule is CO[C@H]1CC(=O)C[C@@H](c2ccsc2)[C@]12C(=O)Nc1cc(Cl)ccc12. The number of thiophene rings is 1. The first-order valence-corrected chi connectivity index (χ1v) is 9.07. The number of ketones is 1. The molecule has 1 spiro atoms. The molecule has 124 valence electrons. The number of rotatable bonds is 2. The number of fused-ring (bicyclic) bond motifs is 2. The van der Waals surface area contributed by atoms with E-state index in [1.807, 2.05) is 22.9 Å². The van der Waals surface area contributed by atoms with Crippen molar-refractivity contribution in [3.63, 3.8) is 0 Å². The average molecular weight is 362 g/mol. The summed E-state index contributed by atoms with van der Waals surface area (Å²) in [6.45, 7) is 0. The van der Waals surface area contributed by atoms with Gasteiger partial charge in [-0.05, 0) is 40.1 Å². The molecule has 1 aromatic heterocycles. The van der Waals surface area contributed by atoms with Crippen molar-refractivity contribution in [2.75, 3.05) is 12.4 Å². The lowest BCUT2D eigenvalue weighted by atomic mass is 9.59. The Morgan fingerprint density at radius 1 is 1.29 bits per heavy atom. The van der Waals surface area contributed by atoms with Crippen molar-refractivity contribution in [3.8, 4) is 0 Å². The maximum atomic E-state index is 13.2. The molecule has 0 unspecified atom stereocenters. The molecule has 2 aliphatic rings. The summed E-state index contributed by atoms with van der Waals surface area (Å²) < 4.78 is 5.67. The van der Waals surface area contributed by atoms with Crippen molar-refractivity contribution in [3.05, 3.63) is 51.2 Å². The number of methoxy groups -OCH3 is 1. The van der Waals surface area contributed by atoms with Crippen LogP contribution in [0, 0.1) is 0 Å². The molecule has 1 N–H and O–H groups in total. The fraction of sp³-hybridized carbons (Fsp3) is 0.333. The van der Waals surface area contributed by atoms with Crippen molar-refractivity contribution < 1.29 is 14.3 Å². The number of anilines is 1. The van der Waals surface area contributed by atoms with Crippen molar-refractivity contribution in [2.45, 2.75) is 30.3 Å². The third-order valence-electron chi connectivity index (χ3n) is 5.18. The number of hydrogen-bond donors (Lipinski definition) is 1. The highest BCUT2D eigenvalue weighted by molar-refractivity contribution is 7.08. The van der Waals surface area contributed by atoms with E-state index >= 15 is 0 Å². The highest BCUT2D eigenvalue weighted by atomic mass is 35.5. The molecule has 1 aliphatic carbocycles. The maximum absolute atomic E-state index is 13.2. The molecule has 3 atom stereocenters. The van der Waals surface area contributed by atoms with E-state index in [0.29, 0.717) is 17.1 Å². The summed E-state index contributed by atoms with van der Waals surface area (Å²) in [4.78, 5) is 25.5. The number of carbonyl (C=O) groups excluding carboxylic acids is 2. The molecule has 1 fully saturated rings. The Kier molecular flexibility index (Phi) is 3.75. The Bertz CT molecular complexity index is 820. The molecule has 2 heterocycles. The molecule has 1 aromatic carbocycles. The third kappa shape index (κ3) is 2.08. The average Bonchev–Trinajstić information content (AvgIpc) is 3.17. The van der Waals surface area contributed by atoms with Crippen LogP contribution in [0.2, 0.25) is 5.02 Å². The summed E-state index contributed by atoms with van der Waals surface area (Å²) in [5.74, 6) is -0.230. The Hall–Kier alpha value is -1.69. The van der Waals surface area contributed by atoms with E-state index < -0.39 is 11.5 Å². The van der Waals surface area contributed by atoms with Crippen molar-refractivity contribution >= 4 is 40.3 Å². The third-order valence-corrected chi connectivity index (χ3v) is 6.12. The topological polar surface area (TPSA) is 55.4 Å². The zero-order valence-corrected chi connectivity index (χ0v) is 14.6. The van der Waals surface area contributed by atoms with E-state index in [0.717, 1.165) is 11.1 Å². The minimum atomic E-state index is -0.899. The number of ether oxygens (including phenoxy) is 1. The molecule has 1 amide bonds. The molecule has 1 aliphatic heterocycles. The van der Waals surface area contributed by atoms with Gasteiger partial charge in [-0.15, -0.1) is 0 Å². The van der Waals surface area contributed by atoms with Crippen molar-refractivity contribution in [1.29, 1.82) is 0 Å². The number of hydrogen-bond acceptors (Lipinski definition) is 4. The Morgan fingerprint density at radius 3 is 2.83 bits per heavy atom. The Morgan fingerprint density at radius 2 is 2.12 bits per heavy atom. The van der Waals surface area contributed by atoms with Crippen LogP contribution in [0.15, 0.2) is 35.0 Å². The van der Waals surface area contributed by atoms with E-state index in [2.05, 4.69) is 5.32 Å². The number of halogens is 1. The first-order chi connectivity index (χ1) is 11.6. The summed E-state index contributed by atoms with van der Waals surface area (Å²) in [6, 6.07) is 7.42. The molecule has 24 heavy (non-hydrogen) atoms. The molecule has 4 rings (SSSR count). The van der Waals surface area contributed by atoms with Crippen LogP contribution in [0.1, 0.15) is 29.9 Å². The summed E-state index contributed by atoms with van der Waals surface area (Å²) >= 11 is 7.66. The van der Waals surface area contributed by atoms with Crippen LogP contribution in [0.3, 0.4) is 0 Å². The van der Waals surface area contributed by atoms with Gasteiger partial charge in [0.1, 0.15) is 11.2 Å². The first-order valence-electron chi connectivity index (χ1n) is 7.75. The van der Waals surface area contributed by atoms with Gasteiger partial charge in [0.05, 0.1) is 6.10 Å². The van der Waals surface area contributed by atoms with Crippen LogP contribution >= 0.6 is 22.9 Å². The smallest absolute Gasteiger partial charge is 0.238 e. The summed E-state index contributed by atoms with van der Waals surface area (Å²) in [7, 11) is 1.57. The van der Waals surface area contributed by atoms with Gasteiger partial charge in [-0.25, -0.2) is 0 Å². The molecular formula is C18H16ClNO3S. The standard InChI is InChI=1S/C18H16ClNO3S/c1-23-16-8-12(21)7-14(10-4-5-24-9-10)18(16)13-3-2-11(19)6-15(13)20-17(18)22/h2-6,9,14,16H,7-8H2,1H3,(H,20,22)/t14-,16-,18-/m0/s1. The second-order valence-corrected chi connectivity index (χ2v) is 7.51. The van der Waals surface area contributed by atoms with Gasteiger partial charge in [0, 0.05) is 36.6 Å². The molecule has 0 radical (unpaired) electrons. The van der Waals surface area contributed by atoms with Gasteiger partial charge in [-0.2, -0.15) is 11.3 Å². The van der Waals surface area contributed by atoms with Crippen LogP contribution in [-0.2, 0) is 19.7 Å². The lowest BCUT2D eigenvalue weighted by Gasteiger charge is -2.44. The van der Waals surface area contributed by atoms with Crippen LogP contribution in [-0.4, -0.2) is 24.9 Å². The monoisotopic (exact) mass is 361 g/mol. The number of benzene rings is 1. The zero-order valence-electron chi connectivity index (χ0n) is 13.0. The fourth-order valence-electron chi connectivity index (χ4n) is 4.18. The highest BCUT2D eigenvalue weighted by Crippen LogP contribution is 2.55. The summed E-state index contributed by atoms with van der Waals surface area (Å²) in [5, 5.41) is 7.51. The maximum Gasteiger partial charge on any atom is 0.238 e. The molecular weight excluding hydrogens is 346 g/mol. The first kappa shape index (κ1) is 15.8. The van der Waals surface area contributed by atoms with E-state index in [1.165, 1.54) is 0 Å². The second-order valence-electron chi connectivity index (χ2n) is 6.29.